The van der Waals surface area contributed by atoms with Gasteiger partial charge >= 0.3 is 0 Å². The van der Waals surface area contributed by atoms with Crippen LogP contribution < -0.4 is 5.32 Å². The molecule has 168 valence electrons. The van der Waals surface area contributed by atoms with Crippen LogP contribution in [-0.2, 0) is 21.9 Å². The van der Waals surface area contributed by atoms with E-state index >= 15 is 0 Å². The molecule has 0 aliphatic carbocycles. The fourth-order valence-electron chi connectivity index (χ4n) is 3.22. The number of benzene rings is 2. The average Bonchev–Trinajstić information content (AvgIpc) is 2.74. The highest BCUT2D eigenvalue weighted by molar-refractivity contribution is 7.99. The summed E-state index contributed by atoms with van der Waals surface area (Å²) in [4.78, 5) is 27.7. The van der Waals surface area contributed by atoms with Gasteiger partial charge in [0.25, 0.3) is 0 Å². The van der Waals surface area contributed by atoms with Crippen LogP contribution in [0.1, 0.15) is 43.4 Å². The molecule has 0 spiro atoms. The Kier molecular flexibility index (Phi) is 10.7. The molecule has 2 aromatic rings. The lowest BCUT2D eigenvalue weighted by atomic mass is 10.1. The number of nitrogens with one attached hydrogen (secondary N) is 1. The van der Waals surface area contributed by atoms with E-state index in [0.29, 0.717) is 23.0 Å². The van der Waals surface area contributed by atoms with E-state index in [1.165, 1.54) is 11.1 Å². The number of nitrogens with zero attached hydrogens (tertiary/aromatic N) is 1. The largest absolute Gasteiger partial charge is 0.354 e. The lowest BCUT2D eigenvalue weighted by Crippen LogP contribution is -2.49. The monoisotopic (exact) mass is 480 g/mol. The molecule has 1 atom stereocenters. The number of thioether (sulfide) groups is 1. The van der Waals surface area contributed by atoms with Gasteiger partial charge in [-0.2, -0.15) is 0 Å². The Labute approximate surface area is 199 Å². The zero-order valence-corrected chi connectivity index (χ0v) is 20.6. The lowest BCUT2D eigenvalue weighted by Gasteiger charge is -2.31. The van der Waals surface area contributed by atoms with Crippen molar-refractivity contribution in [3.8, 4) is 0 Å². The maximum atomic E-state index is 13.2. The van der Waals surface area contributed by atoms with Gasteiger partial charge in [0.15, 0.2) is 0 Å². The van der Waals surface area contributed by atoms with Gasteiger partial charge in [0.1, 0.15) is 6.04 Å². The smallest absolute Gasteiger partial charge is 0.242 e. The average molecular weight is 481 g/mol. The second kappa shape index (κ2) is 13.0. The Balaban J connectivity index is 2.17. The van der Waals surface area contributed by atoms with Gasteiger partial charge in [-0.15, -0.1) is 11.8 Å². The molecule has 1 N–H and O–H groups in total. The van der Waals surface area contributed by atoms with Crippen LogP contribution >= 0.6 is 35.0 Å². The maximum absolute atomic E-state index is 13.2. The quantitative estimate of drug-likeness (QED) is 0.437. The van der Waals surface area contributed by atoms with Crippen LogP contribution in [0.3, 0.4) is 0 Å². The van der Waals surface area contributed by atoms with Crippen molar-refractivity contribution in [1.82, 2.24) is 10.2 Å². The predicted octanol–water partition coefficient (Wildman–Crippen LogP) is 5.87. The van der Waals surface area contributed by atoms with E-state index in [2.05, 4.69) is 24.4 Å². The van der Waals surface area contributed by atoms with Crippen LogP contribution in [0.15, 0.2) is 42.5 Å². The zero-order valence-electron chi connectivity index (χ0n) is 18.3. The Morgan fingerprint density at radius 1 is 1.10 bits per heavy atom. The molecule has 0 radical (unpaired) electrons. The number of carbonyl (C=O) groups is 2. The van der Waals surface area contributed by atoms with Gasteiger partial charge in [0, 0.05) is 28.9 Å². The van der Waals surface area contributed by atoms with E-state index < -0.39 is 6.04 Å². The lowest BCUT2D eigenvalue weighted by molar-refractivity contribution is -0.139. The Hall–Kier alpha value is -1.69. The molecule has 0 saturated heterocycles. The molecule has 0 heterocycles. The fraction of sp³-hybridized carbons (Fsp3) is 0.417. The number of halogens is 2. The molecule has 0 aliphatic rings. The van der Waals surface area contributed by atoms with Crippen LogP contribution in [0.5, 0.6) is 0 Å². The van der Waals surface area contributed by atoms with Gasteiger partial charge in [-0.3, -0.25) is 9.59 Å². The first-order valence-electron chi connectivity index (χ1n) is 10.5. The number of hydrogen-bond donors (Lipinski definition) is 1. The van der Waals surface area contributed by atoms with Crippen molar-refractivity contribution in [2.75, 3.05) is 12.3 Å². The molecule has 0 bridgehead atoms. The van der Waals surface area contributed by atoms with Gasteiger partial charge in [-0.05, 0) is 48.6 Å². The van der Waals surface area contributed by atoms with Crippen molar-refractivity contribution < 1.29 is 9.59 Å². The highest BCUT2D eigenvalue weighted by Gasteiger charge is 2.28. The van der Waals surface area contributed by atoms with Crippen molar-refractivity contribution in [2.45, 2.75) is 52.0 Å². The summed E-state index contributed by atoms with van der Waals surface area (Å²) in [6.07, 6.45) is 1.36. The van der Waals surface area contributed by atoms with Crippen LogP contribution in [0, 0.1) is 6.92 Å². The summed E-state index contributed by atoms with van der Waals surface area (Å²) < 4.78 is 0. The summed E-state index contributed by atoms with van der Waals surface area (Å²) in [5.74, 6) is 0.818. The third-order valence-corrected chi connectivity index (χ3v) is 6.59. The van der Waals surface area contributed by atoms with Crippen molar-refractivity contribution in [2.24, 2.45) is 0 Å². The fourth-order valence-corrected chi connectivity index (χ4v) is 4.68. The molecular formula is C24H30Cl2N2O2S. The molecule has 0 unspecified atom stereocenters. The minimum absolute atomic E-state index is 0.0805. The second-order valence-corrected chi connectivity index (χ2v) is 9.22. The summed E-state index contributed by atoms with van der Waals surface area (Å²) in [5.41, 5.74) is 3.18. The standard InChI is InChI=1S/C24H30Cl2N2O2S/c1-4-12-27-24(30)22(5-2)28(14-18-10-11-20(25)13-21(18)26)23(29)16-31-15-19-9-7-6-8-17(19)3/h6-11,13,22H,4-5,12,14-16H2,1-3H3,(H,27,30)/t22-/m1/s1. The number of aryl methyl sites for hydroxylation is 1. The molecule has 2 rings (SSSR count). The zero-order chi connectivity index (χ0) is 22.8. The molecule has 0 saturated carbocycles. The van der Waals surface area contributed by atoms with Crippen LogP contribution in [0.4, 0.5) is 0 Å². The van der Waals surface area contributed by atoms with E-state index in [4.69, 9.17) is 23.2 Å². The third kappa shape index (κ3) is 7.74. The van der Waals surface area contributed by atoms with Crippen molar-refractivity contribution in [1.29, 1.82) is 0 Å². The molecule has 7 heteroatoms. The topological polar surface area (TPSA) is 49.4 Å². The van der Waals surface area contributed by atoms with E-state index in [1.54, 1.807) is 28.8 Å². The van der Waals surface area contributed by atoms with Crippen LogP contribution in [-0.4, -0.2) is 35.1 Å². The highest BCUT2D eigenvalue weighted by Crippen LogP contribution is 2.24. The molecule has 0 fully saturated rings. The van der Waals surface area contributed by atoms with E-state index in [9.17, 15) is 9.59 Å². The van der Waals surface area contributed by atoms with Gasteiger partial charge < -0.3 is 10.2 Å². The van der Waals surface area contributed by atoms with Crippen molar-refractivity contribution >= 4 is 46.8 Å². The van der Waals surface area contributed by atoms with Crippen LogP contribution in [0.2, 0.25) is 10.0 Å². The molecule has 0 aliphatic heterocycles. The van der Waals surface area contributed by atoms with Gasteiger partial charge in [0.2, 0.25) is 11.8 Å². The first-order valence-corrected chi connectivity index (χ1v) is 12.4. The van der Waals surface area contributed by atoms with Crippen molar-refractivity contribution in [3.05, 3.63) is 69.2 Å². The van der Waals surface area contributed by atoms with Crippen LogP contribution in [0.25, 0.3) is 0 Å². The van der Waals surface area contributed by atoms with E-state index in [1.807, 2.05) is 32.0 Å². The normalized spacial score (nSPS) is 11.8. The summed E-state index contributed by atoms with van der Waals surface area (Å²) in [6, 6.07) is 12.8. The summed E-state index contributed by atoms with van der Waals surface area (Å²) in [5, 5.41) is 3.95. The third-order valence-electron chi connectivity index (χ3n) is 5.04. The van der Waals surface area contributed by atoms with Gasteiger partial charge in [-0.25, -0.2) is 0 Å². The minimum atomic E-state index is -0.551. The molecule has 2 aromatic carbocycles. The Morgan fingerprint density at radius 2 is 1.84 bits per heavy atom. The molecular weight excluding hydrogens is 451 g/mol. The summed E-state index contributed by atoms with van der Waals surface area (Å²) in [7, 11) is 0. The Bertz CT molecular complexity index is 892. The van der Waals surface area contributed by atoms with Gasteiger partial charge in [0.05, 0.1) is 5.75 Å². The van der Waals surface area contributed by atoms with E-state index in [-0.39, 0.29) is 24.1 Å². The van der Waals surface area contributed by atoms with Crippen molar-refractivity contribution in [3.63, 3.8) is 0 Å². The minimum Gasteiger partial charge on any atom is -0.354 e. The SMILES string of the molecule is CCCNC(=O)[C@@H](CC)N(Cc1ccc(Cl)cc1Cl)C(=O)CSCc1ccccc1C. The Morgan fingerprint density at radius 3 is 2.48 bits per heavy atom. The number of rotatable bonds is 11. The molecule has 0 aromatic heterocycles. The highest BCUT2D eigenvalue weighted by atomic mass is 35.5. The van der Waals surface area contributed by atoms with Gasteiger partial charge in [-0.1, -0.05) is 67.4 Å². The molecule has 2 amide bonds. The number of hydrogen-bond acceptors (Lipinski definition) is 3. The second-order valence-electron chi connectivity index (χ2n) is 7.39. The number of carbonyl (C=O) groups excluding carboxylic acids is 2. The first-order chi connectivity index (χ1) is 14.9. The first kappa shape index (κ1) is 25.6. The molecule has 31 heavy (non-hydrogen) atoms. The summed E-state index contributed by atoms with van der Waals surface area (Å²) in [6.45, 7) is 6.83. The number of amides is 2. The summed E-state index contributed by atoms with van der Waals surface area (Å²) >= 11 is 13.9. The molecule has 4 nitrogen and oxygen atoms in total. The van der Waals surface area contributed by atoms with E-state index in [0.717, 1.165) is 17.7 Å². The maximum Gasteiger partial charge on any atom is 0.242 e. The predicted molar refractivity (Wildman–Crippen MR) is 132 cm³/mol.